The van der Waals surface area contributed by atoms with Crippen LogP contribution in [0.25, 0.3) is 0 Å². The molecule has 20 heteroatoms. The number of anilines is 1. The Labute approximate surface area is 416 Å². The normalized spacial score (nSPS) is 16.2. The van der Waals surface area contributed by atoms with Crippen molar-refractivity contribution in [3.05, 3.63) is 153 Å². The van der Waals surface area contributed by atoms with E-state index in [4.69, 9.17) is 14.3 Å². The van der Waals surface area contributed by atoms with Crippen molar-refractivity contribution in [1.29, 1.82) is 0 Å². The maximum atomic E-state index is 14.7. The number of aliphatic carboxylic acids is 1. The summed E-state index contributed by atoms with van der Waals surface area (Å²) in [6.07, 6.45) is -1.25. The minimum atomic E-state index is -1.41. The number of thioether (sulfide) groups is 3. The molecule has 0 spiro atoms. The van der Waals surface area contributed by atoms with Crippen LogP contribution in [0.1, 0.15) is 69.6 Å². The van der Waals surface area contributed by atoms with E-state index in [9.17, 15) is 29.1 Å². The molecule has 1 saturated heterocycles. The summed E-state index contributed by atoms with van der Waals surface area (Å²) in [4.78, 5) is 84.0. The highest BCUT2D eigenvalue weighted by molar-refractivity contribution is 8.07. The number of carbonyl (C=O) groups is 5. The molecule has 7 rings (SSSR count). The van der Waals surface area contributed by atoms with Crippen molar-refractivity contribution in [2.24, 2.45) is 5.16 Å². The van der Waals surface area contributed by atoms with Gasteiger partial charge in [-0.05, 0) is 53.7 Å². The summed E-state index contributed by atoms with van der Waals surface area (Å²) < 4.78 is 11.3. The summed E-state index contributed by atoms with van der Waals surface area (Å²) in [5.41, 5.74) is -0.433. The largest absolute Gasteiger partial charge is 0.477 e. The Morgan fingerprint density at radius 3 is 1.99 bits per heavy atom. The zero-order valence-electron chi connectivity index (χ0n) is 38.6. The van der Waals surface area contributed by atoms with E-state index in [2.05, 4.69) is 31.1 Å². The molecule has 0 aliphatic carbocycles. The lowest BCUT2D eigenvalue weighted by Crippen LogP contribution is -2.71. The molecule has 0 bridgehead atoms. The second-order valence-electron chi connectivity index (χ2n) is 17.5. The fourth-order valence-electron chi connectivity index (χ4n) is 7.14. The van der Waals surface area contributed by atoms with E-state index in [-0.39, 0.29) is 28.7 Å². The van der Waals surface area contributed by atoms with Crippen LogP contribution in [0.15, 0.2) is 135 Å². The molecule has 1 fully saturated rings. The predicted molar refractivity (Wildman–Crippen MR) is 269 cm³/mol. The lowest BCUT2D eigenvalue weighted by Gasteiger charge is -2.49. The van der Waals surface area contributed by atoms with Crippen molar-refractivity contribution in [3.8, 4) is 0 Å². The zero-order chi connectivity index (χ0) is 49.3. The van der Waals surface area contributed by atoms with Crippen LogP contribution in [0.3, 0.4) is 0 Å². The van der Waals surface area contributed by atoms with Crippen molar-refractivity contribution in [1.82, 2.24) is 25.5 Å². The fraction of sp³-hybridized carbons (Fsp3) is 0.306. The van der Waals surface area contributed by atoms with Gasteiger partial charge in [0.05, 0.1) is 5.69 Å². The highest BCUT2D eigenvalue weighted by atomic mass is 32.2. The number of carboxylic acid groups (broad SMARTS) is 1. The van der Waals surface area contributed by atoms with Gasteiger partial charge in [-0.1, -0.05) is 114 Å². The first-order valence-electron chi connectivity index (χ1n) is 21.7. The Bertz CT molecular complexity index is 2630. The number of hydrogen-bond acceptors (Lipinski definition) is 15. The van der Waals surface area contributed by atoms with E-state index in [1.54, 1.807) is 59.4 Å². The molecule has 69 heavy (non-hydrogen) atoms. The Morgan fingerprint density at radius 1 is 0.812 bits per heavy atom. The van der Waals surface area contributed by atoms with Crippen LogP contribution in [0, 0.1) is 0 Å². The quantitative estimate of drug-likeness (QED) is 0.0226. The van der Waals surface area contributed by atoms with Gasteiger partial charge in [-0.15, -0.1) is 23.1 Å². The molecule has 0 saturated carbocycles. The molecule has 360 valence electrons. The van der Waals surface area contributed by atoms with E-state index in [0.717, 1.165) is 5.69 Å². The summed E-state index contributed by atoms with van der Waals surface area (Å²) in [6, 6.07) is 31.7. The van der Waals surface area contributed by atoms with Crippen LogP contribution in [0.5, 0.6) is 0 Å². The van der Waals surface area contributed by atoms with E-state index in [1.165, 1.54) is 51.9 Å². The number of alkyl carbamates (subject to hydrolysis) is 1. The summed E-state index contributed by atoms with van der Waals surface area (Å²) in [7, 11) is 0. The molecule has 3 aromatic carbocycles. The zero-order valence-corrected chi connectivity index (χ0v) is 41.9. The molecular formula is C49H51N7O9S4. The molecule has 2 aliphatic rings. The van der Waals surface area contributed by atoms with E-state index in [0.29, 0.717) is 44.0 Å². The number of pyridine rings is 1. The lowest BCUT2D eigenvalue weighted by molar-refractivity contribution is -0.150. The van der Waals surface area contributed by atoms with Crippen LogP contribution in [-0.2, 0) is 40.0 Å². The maximum Gasteiger partial charge on any atom is 0.413 e. The highest BCUT2D eigenvalue weighted by Gasteiger charge is 2.55. The molecule has 2 atom stereocenters. The first-order valence-corrected chi connectivity index (χ1v) is 25.6. The molecule has 16 nitrogen and oxygen atoms in total. The molecule has 2 aromatic heterocycles. The van der Waals surface area contributed by atoms with Crippen molar-refractivity contribution in [3.63, 3.8) is 0 Å². The number of nitrogens with one attached hydrogen (secondary N) is 3. The number of nitrogens with zero attached hydrogens (tertiary/aromatic N) is 4. The topological polar surface area (TPSA) is 211 Å². The van der Waals surface area contributed by atoms with Crippen molar-refractivity contribution in [2.45, 2.75) is 79.9 Å². The van der Waals surface area contributed by atoms with E-state index in [1.807, 2.05) is 96.4 Å². The van der Waals surface area contributed by atoms with Gasteiger partial charge < -0.3 is 30.1 Å². The standard InChI is InChI=1S/C49H51N7O9S4/c1-47(2,3)63-44(61)50-25-26-66-27-33-28-68-46(51-33)69-35-29-67-42-38(41(58)56(42)39(35)43(59)60)54-40(57)37(34-23-16-24-36(52-34)53-45(62)64-48(4,5)6)55-65-49(30-17-10-7-11-18-30,31-19-12-8-13-20-31)32-21-14-9-15-22-32/h7-24,28,38,42H,25-27,29H2,1-6H3,(H,50,61)(H,54,57)(H,59,60)(H,52,53,62)/t38-,42+/m1/s1. The number of β-lactam (4-membered cyclic amide) rings is 1. The number of carboxylic acids is 1. The van der Waals surface area contributed by atoms with Crippen LogP contribution >= 0.6 is 46.6 Å². The number of amides is 4. The van der Waals surface area contributed by atoms with Gasteiger partial charge in [0.1, 0.15) is 39.8 Å². The van der Waals surface area contributed by atoms with Gasteiger partial charge in [-0.3, -0.25) is 19.8 Å². The third-order valence-corrected chi connectivity index (χ3v) is 14.5. The SMILES string of the molecule is CC(C)(C)OC(=O)NCCSCc1csc(SC2=C(C(=O)O)N3C(=O)[C@@H](NC(=O)C(=NOC(c4ccccc4)(c4ccccc4)c4ccccc4)c4cccc(NC(=O)OC(C)(C)C)n4)[C@@H]3SC2)n1. The van der Waals surface area contributed by atoms with Gasteiger partial charge in [0, 0.05) is 50.8 Å². The molecule has 4 heterocycles. The van der Waals surface area contributed by atoms with E-state index < -0.39 is 58.2 Å². The third-order valence-electron chi connectivity index (χ3n) is 9.98. The first kappa shape index (κ1) is 50.5. The molecule has 2 aliphatic heterocycles. The average Bonchev–Trinajstić information content (AvgIpc) is 3.75. The minimum absolute atomic E-state index is 0.00689. The predicted octanol–water partition coefficient (Wildman–Crippen LogP) is 8.84. The van der Waals surface area contributed by atoms with Gasteiger partial charge in [0.2, 0.25) is 5.60 Å². The number of ether oxygens (including phenoxy) is 2. The summed E-state index contributed by atoms with van der Waals surface area (Å²) >= 11 is 5.43. The summed E-state index contributed by atoms with van der Waals surface area (Å²) in [6.45, 7) is 11.0. The average molecular weight is 1010 g/mol. The summed E-state index contributed by atoms with van der Waals surface area (Å²) in [5.74, 6) is -1.28. The number of benzene rings is 3. The maximum absolute atomic E-state index is 14.7. The minimum Gasteiger partial charge on any atom is -0.477 e. The third kappa shape index (κ3) is 12.7. The Morgan fingerprint density at radius 2 is 1.41 bits per heavy atom. The number of oxime groups is 1. The summed E-state index contributed by atoms with van der Waals surface area (Å²) in [5, 5.41) is 24.3. The number of fused-ring (bicyclic) bond motifs is 1. The Balaban J connectivity index is 1.14. The molecule has 0 radical (unpaired) electrons. The monoisotopic (exact) mass is 1010 g/mol. The van der Waals surface area contributed by atoms with Crippen molar-refractivity contribution < 1.29 is 43.4 Å². The van der Waals surface area contributed by atoms with Crippen molar-refractivity contribution in [2.75, 3.05) is 23.4 Å². The number of aromatic nitrogens is 2. The second-order valence-corrected chi connectivity index (χ2v) is 21.9. The highest BCUT2D eigenvalue weighted by Crippen LogP contribution is 2.46. The van der Waals surface area contributed by atoms with Gasteiger partial charge >= 0.3 is 18.2 Å². The van der Waals surface area contributed by atoms with Gasteiger partial charge in [-0.2, -0.15) is 11.8 Å². The lowest BCUT2D eigenvalue weighted by atomic mass is 9.80. The molecule has 4 amide bonds. The number of thiazole rings is 1. The first-order chi connectivity index (χ1) is 32.9. The Hall–Kier alpha value is -6.35. The van der Waals surface area contributed by atoms with Gasteiger partial charge in [-0.25, -0.2) is 24.4 Å². The smallest absolute Gasteiger partial charge is 0.413 e. The fourth-order valence-corrected chi connectivity index (χ4v) is 11.5. The van der Waals surface area contributed by atoms with Gasteiger partial charge in [0.15, 0.2) is 10.1 Å². The Kier molecular flexibility index (Phi) is 16.1. The van der Waals surface area contributed by atoms with E-state index >= 15 is 0 Å². The van der Waals surface area contributed by atoms with Crippen molar-refractivity contribution >= 4 is 88.1 Å². The molecule has 0 unspecified atom stereocenters. The molecular weight excluding hydrogens is 959 g/mol. The number of carbonyl (C=O) groups excluding carboxylic acids is 4. The number of rotatable bonds is 17. The van der Waals surface area contributed by atoms with Crippen LogP contribution in [-0.4, -0.2) is 96.3 Å². The molecule has 5 aromatic rings. The second kappa shape index (κ2) is 21.9. The van der Waals surface area contributed by atoms with Crippen LogP contribution in [0.4, 0.5) is 15.4 Å². The number of hydrogen-bond donors (Lipinski definition) is 4. The van der Waals surface area contributed by atoms with Gasteiger partial charge in [0.25, 0.3) is 11.8 Å². The van der Waals surface area contributed by atoms with Crippen LogP contribution < -0.4 is 16.0 Å². The van der Waals surface area contributed by atoms with Crippen LogP contribution in [0.2, 0.25) is 0 Å². The molecule has 4 N–H and O–H groups in total.